The molecule has 1 unspecified atom stereocenters. The van der Waals surface area contributed by atoms with E-state index in [0.29, 0.717) is 5.92 Å². The lowest BCUT2D eigenvalue weighted by Gasteiger charge is -2.31. The molecule has 1 fully saturated rings. The maximum atomic E-state index is 12.2. The molecule has 1 saturated heterocycles. The Morgan fingerprint density at radius 3 is 2.59 bits per heavy atom. The molecule has 1 amide bonds. The van der Waals surface area contributed by atoms with Crippen molar-refractivity contribution in [3.63, 3.8) is 0 Å². The van der Waals surface area contributed by atoms with Crippen molar-refractivity contribution in [1.82, 2.24) is 4.90 Å². The number of likely N-dealkylation sites (N-methyl/N-ethyl adjacent to an activating group) is 1. The number of ether oxygens (including phenoxy) is 1. The lowest BCUT2D eigenvalue weighted by molar-refractivity contribution is -0.134. The highest BCUT2D eigenvalue weighted by atomic mass is 16.5. The Hall–Kier alpha value is -0.610. The molecule has 0 aromatic carbocycles. The summed E-state index contributed by atoms with van der Waals surface area (Å²) in [7, 11) is 0. The Kier molecular flexibility index (Phi) is 6.52. The summed E-state index contributed by atoms with van der Waals surface area (Å²) >= 11 is 0. The van der Waals surface area contributed by atoms with Crippen molar-refractivity contribution in [1.29, 1.82) is 0 Å². The van der Waals surface area contributed by atoms with Gasteiger partial charge in [-0.2, -0.15) is 0 Å². The van der Waals surface area contributed by atoms with Crippen LogP contribution in [-0.2, 0) is 9.53 Å². The summed E-state index contributed by atoms with van der Waals surface area (Å²) in [6, 6.07) is -0.337. The Morgan fingerprint density at radius 2 is 2.06 bits per heavy atom. The molecule has 4 heteroatoms. The third-order valence-corrected chi connectivity index (χ3v) is 3.53. The summed E-state index contributed by atoms with van der Waals surface area (Å²) < 4.78 is 5.30. The number of carbonyl (C=O) groups excluding carboxylic acids is 1. The molecular formula is C13H26N2O2. The smallest absolute Gasteiger partial charge is 0.239 e. The Balaban J connectivity index is 2.47. The number of unbranched alkanes of at least 4 members (excludes halogenated alkanes) is 1. The van der Waals surface area contributed by atoms with Crippen LogP contribution in [0.4, 0.5) is 0 Å². The topological polar surface area (TPSA) is 55.6 Å². The molecule has 0 bridgehead atoms. The molecule has 0 radical (unpaired) electrons. The van der Waals surface area contributed by atoms with Gasteiger partial charge in [-0.3, -0.25) is 4.79 Å². The predicted molar refractivity (Wildman–Crippen MR) is 68.7 cm³/mol. The molecule has 1 heterocycles. The summed E-state index contributed by atoms with van der Waals surface area (Å²) in [6.07, 6.45) is 3.99. The molecule has 0 aromatic rings. The Morgan fingerprint density at radius 1 is 1.41 bits per heavy atom. The fourth-order valence-electron chi connectivity index (χ4n) is 2.26. The standard InChI is InChI=1S/C13H26N2O2/c1-3-5-8-15(4-2)13(16)12(14)11-6-9-17-10-7-11/h11-12H,3-10,14H2,1-2H3. The van der Waals surface area contributed by atoms with Crippen molar-refractivity contribution in [2.75, 3.05) is 26.3 Å². The maximum absolute atomic E-state index is 12.2. The molecule has 0 saturated carbocycles. The molecule has 0 aromatic heterocycles. The molecule has 4 nitrogen and oxygen atoms in total. The molecule has 1 aliphatic heterocycles. The quantitative estimate of drug-likeness (QED) is 0.765. The van der Waals surface area contributed by atoms with E-state index >= 15 is 0 Å². The van der Waals surface area contributed by atoms with Crippen LogP contribution in [0.3, 0.4) is 0 Å². The molecule has 2 N–H and O–H groups in total. The minimum Gasteiger partial charge on any atom is -0.381 e. The van der Waals surface area contributed by atoms with E-state index in [0.717, 1.165) is 52.0 Å². The highest BCUT2D eigenvalue weighted by Gasteiger charge is 2.29. The van der Waals surface area contributed by atoms with E-state index in [-0.39, 0.29) is 11.9 Å². The largest absolute Gasteiger partial charge is 0.381 e. The summed E-state index contributed by atoms with van der Waals surface area (Å²) in [5.74, 6) is 0.416. The van der Waals surface area contributed by atoms with E-state index in [9.17, 15) is 4.79 Å². The van der Waals surface area contributed by atoms with Gasteiger partial charge in [0.2, 0.25) is 5.91 Å². The van der Waals surface area contributed by atoms with E-state index in [1.54, 1.807) is 0 Å². The average Bonchev–Trinajstić information content (AvgIpc) is 2.39. The first-order valence-electron chi connectivity index (χ1n) is 6.82. The molecule has 0 aliphatic carbocycles. The second-order valence-electron chi connectivity index (χ2n) is 4.75. The summed E-state index contributed by atoms with van der Waals surface area (Å²) in [5.41, 5.74) is 6.09. The highest BCUT2D eigenvalue weighted by molar-refractivity contribution is 5.82. The normalized spacial score (nSPS) is 19.0. The van der Waals surface area contributed by atoms with Crippen molar-refractivity contribution >= 4 is 5.91 Å². The van der Waals surface area contributed by atoms with Crippen molar-refractivity contribution in [3.8, 4) is 0 Å². The van der Waals surface area contributed by atoms with Crippen molar-refractivity contribution in [3.05, 3.63) is 0 Å². The van der Waals surface area contributed by atoms with Gasteiger partial charge in [-0.1, -0.05) is 13.3 Å². The van der Waals surface area contributed by atoms with Crippen LogP contribution in [0.25, 0.3) is 0 Å². The van der Waals surface area contributed by atoms with Crippen LogP contribution in [0.15, 0.2) is 0 Å². The van der Waals surface area contributed by atoms with Crippen molar-refractivity contribution in [2.45, 2.75) is 45.6 Å². The van der Waals surface area contributed by atoms with E-state index in [2.05, 4.69) is 6.92 Å². The van der Waals surface area contributed by atoms with Gasteiger partial charge in [-0.05, 0) is 32.1 Å². The molecule has 0 spiro atoms. The van der Waals surface area contributed by atoms with E-state index in [1.807, 2.05) is 11.8 Å². The number of hydrogen-bond donors (Lipinski definition) is 1. The molecule has 1 aliphatic rings. The lowest BCUT2D eigenvalue weighted by atomic mass is 9.91. The van der Waals surface area contributed by atoms with Gasteiger partial charge < -0.3 is 15.4 Å². The van der Waals surface area contributed by atoms with Crippen LogP contribution in [0.2, 0.25) is 0 Å². The first-order valence-corrected chi connectivity index (χ1v) is 6.82. The second-order valence-corrected chi connectivity index (χ2v) is 4.75. The first kappa shape index (κ1) is 14.5. The molecular weight excluding hydrogens is 216 g/mol. The van der Waals surface area contributed by atoms with E-state index in [1.165, 1.54) is 0 Å². The highest BCUT2D eigenvalue weighted by Crippen LogP contribution is 2.19. The maximum Gasteiger partial charge on any atom is 0.239 e. The number of nitrogens with zero attached hydrogens (tertiary/aromatic N) is 1. The van der Waals surface area contributed by atoms with Crippen LogP contribution in [0.1, 0.15) is 39.5 Å². The van der Waals surface area contributed by atoms with Gasteiger partial charge in [0.25, 0.3) is 0 Å². The average molecular weight is 242 g/mol. The molecule has 1 atom stereocenters. The van der Waals surface area contributed by atoms with Gasteiger partial charge in [0, 0.05) is 26.3 Å². The van der Waals surface area contributed by atoms with Crippen LogP contribution < -0.4 is 5.73 Å². The number of carbonyl (C=O) groups is 1. The summed E-state index contributed by atoms with van der Waals surface area (Å²) in [5, 5.41) is 0. The minimum atomic E-state index is -0.337. The van der Waals surface area contributed by atoms with Gasteiger partial charge in [-0.25, -0.2) is 0 Å². The molecule has 1 rings (SSSR count). The van der Waals surface area contributed by atoms with Gasteiger partial charge >= 0.3 is 0 Å². The Bertz CT molecular complexity index is 227. The monoisotopic (exact) mass is 242 g/mol. The predicted octanol–water partition coefficient (Wildman–Crippen LogP) is 1.39. The van der Waals surface area contributed by atoms with Gasteiger partial charge in [-0.15, -0.1) is 0 Å². The van der Waals surface area contributed by atoms with Crippen LogP contribution >= 0.6 is 0 Å². The number of nitrogens with two attached hydrogens (primary N) is 1. The zero-order valence-corrected chi connectivity index (χ0v) is 11.2. The second kappa shape index (κ2) is 7.67. The minimum absolute atomic E-state index is 0.118. The van der Waals surface area contributed by atoms with E-state index in [4.69, 9.17) is 10.5 Å². The van der Waals surface area contributed by atoms with Gasteiger partial charge in [0.15, 0.2) is 0 Å². The van der Waals surface area contributed by atoms with Crippen LogP contribution in [0.5, 0.6) is 0 Å². The van der Waals surface area contributed by atoms with Gasteiger partial charge in [0.1, 0.15) is 0 Å². The summed E-state index contributed by atoms with van der Waals surface area (Å²) in [6.45, 7) is 7.24. The van der Waals surface area contributed by atoms with Crippen molar-refractivity contribution in [2.24, 2.45) is 11.7 Å². The molecule has 17 heavy (non-hydrogen) atoms. The summed E-state index contributed by atoms with van der Waals surface area (Å²) in [4.78, 5) is 14.1. The SMILES string of the molecule is CCCCN(CC)C(=O)C(N)C1CCOCC1. The number of hydrogen-bond acceptors (Lipinski definition) is 3. The zero-order valence-electron chi connectivity index (χ0n) is 11.2. The van der Waals surface area contributed by atoms with E-state index < -0.39 is 0 Å². The third-order valence-electron chi connectivity index (χ3n) is 3.53. The van der Waals surface area contributed by atoms with Crippen LogP contribution in [0, 0.1) is 5.92 Å². The Labute approximate surface area is 104 Å². The van der Waals surface area contributed by atoms with Crippen LogP contribution in [-0.4, -0.2) is 43.2 Å². The zero-order chi connectivity index (χ0) is 12.7. The lowest BCUT2D eigenvalue weighted by Crippen LogP contribution is -2.49. The molecule has 100 valence electrons. The fourth-order valence-corrected chi connectivity index (χ4v) is 2.26. The number of rotatable bonds is 6. The van der Waals surface area contributed by atoms with Gasteiger partial charge in [0.05, 0.1) is 6.04 Å². The first-order chi connectivity index (χ1) is 8.20. The fraction of sp³-hybridized carbons (Fsp3) is 0.923. The van der Waals surface area contributed by atoms with Crippen molar-refractivity contribution < 1.29 is 9.53 Å². The third kappa shape index (κ3) is 4.28. The number of amides is 1.